The van der Waals surface area contributed by atoms with E-state index in [0.717, 1.165) is 17.3 Å². The highest BCUT2D eigenvalue weighted by atomic mass is 32.2. The van der Waals surface area contributed by atoms with E-state index in [1.54, 1.807) is 24.3 Å². The number of hydrogen-bond acceptors (Lipinski definition) is 5. The van der Waals surface area contributed by atoms with Gasteiger partial charge < -0.3 is 9.84 Å². The number of methoxy groups -OCH3 is 1. The molecular weight excluding hydrogens is 339 g/mol. The molecule has 0 saturated heterocycles. The molecule has 0 radical (unpaired) electrons. The average molecular weight is 349 g/mol. The number of alkyl halides is 3. The standard InChI is InChI=1S/C13H10F3NO3S2/c1-20-8-4-2-7(3-5-8)6-21-12-17-10(13(14,15)16)9(22-12)11(18)19/h2-5H,6H2,1H3,(H,18,19). The molecule has 9 heteroatoms. The summed E-state index contributed by atoms with van der Waals surface area (Å²) in [5, 5.41) is 8.83. The Balaban J connectivity index is 2.14. The van der Waals surface area contributed by atoms with Gasteiger partial charge in [-0.25, -0.2) is 9.78 Å². The van der Waals surface area contributed by atoms with Gasteiger partial charge in [0.15, 0.2) is 10.0 Å². The molecule has 0 aliphatic carbocycles. The zero-order valence-corrected chi connectivity index (χ0v) is 12.8. The number of thiazole rings is 1. The van der Waals surface area contributed by atoms with Crippen LogP contribution in [0.15, 0.2) is 28.6 Å². The Morgan fingerprint density at radius 3 is 2.45 bits per heavy atom. The molecule has 0 bridgehead atoms. The van der Waals surface area contributed by atoms with Crippen molar-refractivity contribution in [2.75, 3.05) is 7.11 Å². The van der Waals surface area contributed by atoms with E-state index in [9.17, 15) is 18.0 Å². The molecule has 1 heterocycles. The number of ether oxygens (including phenoxy) is 1. The van der Waals surface area contributed by atoms with Crippen LogP contribution in [0.3, 0.4) is 0 Å². The van der Waals surface area contributed by atoms with Gasteiger partial charge in [-0.3, -0.25) is 0 Å². The van der Waals surface area contributed by atoms with Gasteiger partial charge in [-0.15, -0.1) is 11.3 Å². The zero-order valence-electron chi connectivity index (χ0n) is 11.2. The fraction of sp³-hybridized carbons (Fsp3) is 0.231. The van der Waals surface area contributed by atoms with Gasteiger partial charge in [-0.05, 0) is 17.7 Å². The summed E-state index contributed by atoms with van der Waals surface area (Å²) in [6.45, 7) is 0. The maximum absolute atomic E-state index is 12.7. The third-order valence-corrected chi connectivity index (χ3v) is 4.85. The second-order valence-electron chi connectivity index (χ2n) is 4.10. The Labute approximate surface area is 131 Å². The van der Waals surface area contributed by atoms with Crippen LogP contribution in [0, 0.1) is 0 Å². The van der Waals surface area contributed by atoms with Crippen molar-refractivity contribution in [3.63, 3.8) is 0 Å². The molecule has 0 atom stereocenters. The number of aromatic carboxylic acids is 1. The molecule has 0 unspecified atom stereocenters. The van der Waals surface area contributed by atoms with Crippen molar-refractivity contribution in [3.8, 4) is 5.75 Å². The summed E-state index contributed by atoms with van der Waals surface area (Å²) >= 11 is 1.59. The topological polar surface area (TPSA) is 59.4 Å². The molecule has 0 amide bonds. The third kappa shape index (κ3) is 3.92. The summed E-state index contributed by atoms with van der Waals surface area (Å²) in [6, 6.07) is 7.04. The number of benzene rings is 1. The van der Waals surface area contributed by atoms with Crippen molar-refractivity contribution in [2.45, 2.75) is 16.3 Å². The van der Waals surface area contributed by atoms with Crippen LogP contribution in [0.5, 0.6) is 5.75 Å². The van der Waals surface area contributed by atoms with Crippen LogP contribution in [-0.4, -0.2) is 23.2 Å². The first-order valence-corrected chi connectivity index (χ1v) is 7.68. The Morgan fingerprint density at radius 2 is 2.00 bits per heavy atom. The fourth-order valence-corrected chi connectivity index (χ4v) is 3.52. The van der Waals surface area contributed by atoms with Crippen LogP contribution in [0.2, 0.25) is 0 Å². The number of carboxylic acid groups (broad SMARTS) is 1. The lowest BCUT2D eigenvalue weighted by molar-refractivity contribution is -0.141. The van der Waals surface area contributed by atoms with Crippen molar-refractivity contribution < 1.29 is 27.8 Å². The van der Waals surface area contributed by atoms with Gasteiger partial charge in [0.2, 0.25) is 0 Å². The van der Waals surface area contributed by atoms with E-state index < -0.39 is 22.7 Å². The predicted molar refractivity (Wildman–Crippen MR) is 76.6 cm³/mol. The van der Waals surface area contributed by atoms with E-state index in [1.807, 2.05) is 0 Å². The Bertz CT molecular complexity index is 668. The zero-order chi connectivity index (χ0) is 16.3. The largest absolute Gasteiger partial charge is 0.497 e. The molecule has 0 aliphatic heterocycles. The minimum atomic E-state index is -4.77. The minimum absolute atomic E-state index is 0.0699. The second kappa shape index (κ2) is 6.57. The van der Waals surface area contributed by atoms with Gasteiger partial charge in [-0.2, -0.15) is 13.2 Å². The SMILES string of the molecule is COc1ccc(CSc2nc(C(F)(F)F)c(C(=O)O)s2)cc1. The van der Waals surface area contributed by atoms with Gasteiger partial charge in [-0.1, -0.05) is 23.9 Å². The number of thioether (sulfide) groups is 1. The van der Waals surface area contributed by atoms with E-state index in [0.29, 0.717) is 22.8 Å². The first-order chi connectivity index (χ1) is 10.3. The summed E-state index contributed by atoms with van der Waals surface area (Å²) < 4.78 is 43.3. The number of rotatable bonds is 5. The van der Waals surface area contributed by atoms with E-state index >= 15 is 0 Å². The number of nitrogens with zero attached hydrogens (tertiary/aromatic N) is 1. The smallest absolute Gasteiger partial charge is 0.435 e. The van der Waals surface area contributed by atoms with Crippen molar-refractivity contribution in [1.29, 1.82) is 0 Å². The van der Waals surface area contributed by atoms with Gasteiger partial charge in [0.25, 0.3) is 0 Å². The molecule has 1 aromatic carbocycles. The molecule has 2 aromatic rings. The highest BCUT2D eigenvalue weighted by Gasteiger charge is 2.39. The van der Waals surface area contributed by atoms with E-state index in [1.165, 1.54) is 7.11 Å². The van der Waals surface area contributed by atoms with Crippen LogP contribution in [0.25, 0.3) is 0 Å². The third-order valence-electron chi connectivity index (χ3n) is 2.59. The number of carboxylic acids is 1. The second-order valence-corrected chi connectivity index (χ2v) is 6.32. The molecule has 118 valence electrons. The number of halogens is 3. The van der Waals surface area contributed by atoms with Crippen molar-refractivity contribution >= 4 is 29.1 Å². The molecule has 1 N–H and O–H groups in total. The summed E-state index contributed by atoms with van der Waals surface area (Å²) in [6.07, 6.45) is -4.77. The maximum atomic E-state index is 12.7. The molecule has 22 heavy (non-hydrogen) atoms. The summed E-state index contributed by atoms with van der Waals surface area (Å²) in [4.78, 5) is 13.5. The fourth-order valence-electron chi connectivity index (χ4n) is 1.57. The van der Waals surface area contributed by atoms with Crippen molar-refractivity contribution in [1.82, 2.24) is 4.98 Å². The van der Waals surface area contributed by atoms with Gasteiger partial charge in [0.1, 0.15) is 10.6 Å². The van der Waals surface area contributed by atoms with Crippen LogP contribution < -0.4 is 4.74 Å². The normalized spacial score (nSPS) is 11.5. The summed E-state index contributed by atoms with van der Waals surface area (Å²) in [5.41, 5.74) is -0.478. The Hall–Kier alpha value is -1.74. The van der Waals surface area contributed by atoms with Crippen molar-refractivity contribution in [2.24, 2.45) is 0 Å². The molecule has 0 aliphatic rings. The van der Waals surface area contributed by atoms with Gasteiger partial charge >= 0.3 is 12.1 Å². The molecule has 2 rings (SSSR count). The highest BCUT2D eigenvalue weighted by Crippen LogP contribution is 2.38. The summed E-state index contributed by atoms with van der Waals surface area (Å²) in [5.74, 6) is -0.565. The number of carbonyl (C=O) groups is 1. The van der Waals surface area contributed by atoms with Crippen LogP contribution in [0.4, 0.5) is 13.2 Å². The average Bonchev–Trinajstić information content (AvgIpc) is 2.90. The molecular formula is C13H10F3NO3S2. The molecule has 0 saturated carbocycles. The van der Waals surface area contributed by atoms with E-state index in [2.05, 4.69) is 4.98 Å². The van der Waals surface area contributed by atoms with Crippen LogP contribution in [0.1, 0.15) is 20.9 Å². The monoisotopic (exact) mass is 349 g/mol. The van der Waals surface area contributed by atoms with E-state index in [4.69, 9.17) is 9.84 Å². The molecule has 0 fully saturated rings. The first kappa shape index (κ1) is 16.6. The van der Waals surface area contributed by atoms with Crippen molar-refractivity contribution in [3.05, 3.63) is 40.4 Å². The predicted octanol–water partition coefficient (Wildman–Crippen LogP) is 4.16. The quantitative estimate of drug-likeness (QED) is 0.822. The Morgan fingerprint density at radius 1 is 1.36 bits per heavy atom. The highest BCUT2D eigenvalue weighted by molar-refractivity contribution is 8.00. The first-order valence-electron chi connectivity index (χ1n) is 5.88. The van der Waals surface area contributed by atoms with Gasteiger partial charge in [0.05, 0.1) is 7.11 Å². The summed E-state index contributed by atoms with van der Waals surface area (Å²) in [7, 11) is 1.53. The van der Waals surface area contributed by atoms with Gasteiger partial charge in [0, 0.05) is 5.75 Å². The van der Waals surface area contributed by atoms with Crippen LogP contribution >= 0.6 is 23.1 Å². The number of aromatic nitrogens is 1. The maximum Gasteiger partial charge on any atom is 0.435 e. The minimum Gasteiger partial charge on any atom is -0.497 e. The van der Waals surface area contributed by atoms with Crippen LogP contribution in [-0.2, 0) is 11.9 Å². The number of hydrogen-bond donors (Lipinski definition) is 1. The molecule has 4 nitrogen and oxygen atoms in total. The lowest BCUT2D eigenvalue weighted by atomic mass is 10.2. The lowest BCUT2D eigenvalue weighted by Crippen LogP contribution is -2.11. The lowest BCUT2D eigenvalue weighted by Gasteiger charge is -2.03. The molecule has 1 aromatic heterocycles. The molecule has 0 spiro atoms. The Kier molecular flexibility index (Phi) is 4.97. The van der Waals surface area contributed by atoms with E-state index in [-0.39, 0.29) is 4.34 Å².